The van der Waals surface area contributed by atoms with Gasteiger partial charge in [0.1, 0.15) is 0 Å². The second kappa shape index (κ2) is 8.90. The van der Waals surface area contributed by atoms with Crippen LogP contribution in [0.15, 0.2) is 0 Å². The molecule has 4 nitrogen and oxygen atoms in total. The van der Waals surface area contributed by atoms with Gasteiger partial charge in [0.15, 0.2) is 0 Å². The van der Waals surface area contributed by atoms with Crippen molar-refractivity contribution in [2.24, 2.45) is 0 Å². The fraction of sp³-hybridized carbons (Fsp3) is 1.00. The monoisotopic (exact) mass is 270 g/mol. The van der Waals surface area contributed by atoms with Crippen LogP contribution in [0.25, 0.3) is 0 Å². The second-order valence-electron chi connectivity index (χ2n) is 6.16. The molecule has 114 valence electrons. The quantitative estimate of drug-likeness (QED) is 0.709. The van der Waals surface area contributed by atoms with Crippen LogP contribution in [0.1, 0.15) is 27.2 Å². The van der Waals surface area contributed by atoms with Crippen LogP contribution in [0, 0.1) is 0 Å². The van der Waals surface area contributed by atoms with E-state index < -0.39 is 0 Å². The first-order valence-electron chi connectivity index (χ1n) is 7.89. The topological polar surface area (TPSA) is 21.8 Å². The number of hydrogen-bond donors (Lipinski definition) is 1. The van der Waals surface area contributed by atoms with Crippen LogP contribution in [0.4, 0.5) is 0 Å². The lowest BCUT2D eigenvalue weighted by Crippen LogP contribution is -2.55. The first kappa shape index (κ1) is 16.9. The third-order valence-electron chi connectivity index (χ3n) is 4.29. The Morgan fingerprint density at radius 1 is 1.11 bits per heavy atom. The lowest BCUT2D eigenvalue weighted by Gasteiger charge is -2.40. The molecule has 0 amide bonds. The molecule has 1 fully saturated rings. The lowest BCUT2D eigenvalue weighted by molar-refractivity contribution is 0.0848. The van der Waals surface area contributed by atoms with Gasteiger partial charge in [0.2, 0.25) is 0 Å². The summed E-state index contributed by atoms with van der Waals surface area (Å²) in [7, 11) is 4.30. The molecule has 2 unspecified atom stereocenters. The molecule has 1 rings (SSSR count). The summed E-state index contributed by atoms with van der Waals surface area (Å²) in [4.78, 5) is 7.50. The molecule has 0 aliphatic carbocycles. The van der Waals surface area contributed by atoms with Gasteiger partial charge in [0.25, 0.3) is 0 Å². The largest absolute Gasteiger partial charge is 0.313 e. The minimum atomic E-state index is 0.591. The Balaban J connectivity index is 2.24. The lowest BCUT2D eigenvalue weighted by atomic mass is 10.1. The fourth-order valence-electron chi connectivity index (χ4n) is 2.59. The Morgan fingerprint density at radius 2 is 1.74 bits per heavy atom. The Morgan fingerprint density at radius 3 is 2.26 bits per heavy atom. The molecule has 1 saturated heterocycles. The number of rotatable bonds is 8. The van der Waals surface area contributed by atoms with Gasteiger partial charge in [-0.2, -0.15) is 0 Å². The van der Waals surface area contributed by atoms with Crippen LogP contribution in [0.2, 0.25) is 0 Å². The smallest absolute Gasteiger partial charge is 0.0219 e. The molecule has 0 spiro atoms. The van der Waals surface area contributed by atoms with Crippen LogP contribution >= 0.6 is 0 Å². The summed E-state index contributed by atoms with van der Waals surface area (Å²) in [6, 6.07) is 1.23. The maximum Gasteiger partial charge on any atom is 0.0219 e. The molecule has 19 heavy (non-hydrogen) atoms. The highest BCUT2D eigenvalue weighted by Gasteiger charge is 2.23. The SMILES string of the molecule is CCCNC(C)C(C)N1CCN(CCN(C)C)CC1. The van der Waals surface area contributed by atoms with Crippen LogP contribution in [-0.4, -0.2) is 86.7 Å². The molecule has 0 radical (unpaired) electrons. The van der Waals surface area contributed by atoms with Crippen molar-refractivity contribution in [1.29, 1.82) is 0 Å². The molecule has 2 atom stereocenters. The minimum absolute atomic E-state index is 0.591. The summed E-state index contributed by atoms with van der Waals surface area (Å²) in [5.74, 6) is 0. The van der Waals surface area contributed by atoms with E-state index in [0.29, 0.717) is 12.1 Å². The predicted octanol–water partition coefficient (Wildman–Crippen LogP) is 0.942. The van der Waals surface area contributed by atoms with Crippen molar-refractivity contribution < 1.29 is 0 Å². The van der Waals surface area contributed by atoms with E-state index in [0.717, 1.165) is 6.54 Å². The van der Waals surface area contributed by atoms with E-state index in [4.69, 9.17) is 0 Å². The van der Waals surface area contributed by atoms with Gasteiger partial charge in [0.05, 0.1) is 0 Å². The molecule has 1 N–H and O–H groups in total. The van der Waals surface area contributed by atoms with Crippen molar-refractivity contribution in [2.45, 2.75) is 39.3 Å². The van der Waals surface area contributed by atoms with Gasteiger partial charge in [-0.15, -0.1) is 0 Å². The van der Waals surface area contributed by atoms with Crippen molar-refractivity contribution in [3.05, 3.63) is 0 Å². The highest BCUT2D eigenvalue weighted by atomic mass is 15.3. The first-order valence-corrected chi connectivity index (χ1v) is 7.89. The molecule has 1 aliphatic rings. The van der Waals surface area contributed by atoms with Gasteiger partial charge in [-0.1, -0.05) is 6.92 Å². The van der Waals surface area contributed by atoms with Crippen molar-refractivity contribution in [3.63, 3.8) is 0 Å². The van der Waals surface area contributed by atoms with Crippen LogP contribution in [0.5, 0.6) is 0 Å². The molecule has 0 aromatic rings. The van der Waals surface area contributed by atoms with Crippen molar-refractivity contribution in [3.8, 4) is 0 Å². The predicted molar refractivity (Wildman–Crippen MR) is 83.8 cm³/mol. The standard InChI is InChI=1S/C15H34N4/c1-6-7-16-14(2)15(3)19-12-10-18(11-13-19)9-8-17(4)5/h14-16H,6-13H2,1-5H3. The van der Waals surface area contributed by atoms with Gasteiger partial charge in [-0.25, -0.2) is 0 Å². The van der Waals surface area contributed by atoms with E-state index in [2.05, 4.69) is 54.9 Å². The molecule has 1 aliphatic heterocycles. The third kappa shape index (κ3) is 6.21. The average molecular weight is 270 g/mol. The summed E-state index contributed by atoms with van der Waals surface area (Å²) in [5, 5.41) is 3.62. The Bertz CT molecular complexity index is 224. The van der Waals surface area contributed by atoms with Crippen molar-refractivity contribution in [2.75, 3.05) is 59.9 Å². The van der Waals surface area contributed by atoms with E-state index >= 15 is 0 Å². The second-order valence-corrected chi connectivity index (χ2v) is 6.16. The van der Waals surface area contributed by atoms with E-state index in [1.165, 1.54) is 45.7 Å². The summed E-state index contributed by atoms with van der Waals surface area (Å²) >= 11 is 0. The third-order valence-corrected chi connectivity index (χ3v) is 4.29. The zero-order valence-corrected chi connectivity index (χ0v) is 13.7. The summed E-state index contributed by atoms with van der Waals surface area (Å²) in [5.41, 5.74) is 0. The molecule has 4 heteroatoms. The molecule has 0 bridgehead atoms. The molecular weight excluding hydrogens is 236 g/mol. The van der Waals surface area contributed by atoms with Crippen LogP contribution in [0.3, 0.4) is 0 Å². The highest BCUT2D eigenvalue weighted by Crippen LogP contribution is 2.09. The van der Waals surface area contributed by atoms with Gasteiger partial charge >= 0.3 is 0 Å². The normalized spacial score (nSPS) is 21.8. The minimum Gasteiger partial charge on any atom is -0.313 e. The number of nitrogens with one attached hydrogen (secondary N) is 1. The van der Waals surface area contributed by atoms with Gasteiger partial charge < -0.3 is 10.2 Å². The highest BCUT2D eigenvalue weighted by molar-refractivity contribution is 4.82. The molecule has 0 aromatic heterocycles. The fourth-order valence-corrected chi connectivity index (χ4v) is 2.59. The Hall–Kier alpha value is -0.160. The Kier molecular flexibility index (Phi) is 7.91. The first-order chi connectivity index (χ1) is 9.04. The van der Waals surface area contributed by atoms with E-state index in [-0.39, 0.29) is 0 Å². The number of piperazine rings is 1. The van der Waals surface area contributed by atoms with Crippen molar-refractivity contribution >= 4 is 0 Å². The van der Waals surface area contributed by atoms with E-state index in [1.54, 1.807) is 0 Å². The molecule has 0 aromatic carbocycles. The van der Waals surface area contributed by atoms with Gasteiger partial charge in [0, 0.05) is 51.4 Å². The molecule has 0 saturated carbocycles. The maximum atomic E-state index is 3.62. The summed E-state index contributed by atoms with van der Waals surface area (Å²) in [6.07, 6.45) is 1.22. The molecule has 1 heterocycles. The number of hydrogen-bond acceptors (Lipinski definition) is 4. The van der Waals surface area contributed by atoms with Crippen LogP contribution in [-0.2, 0) is 0 Å². The zero-order chi connectivity index (χ0) is 14.3. The maximum absolute atomic E-state index is 3.62. The Labute approximate surface area is 120 Å². The van der Waals surface area contributed by atoms with Gasteiger partial charge in [-0.3, -0.25) is 9.80 Å². The summed E-state index contributed by atoms with van der Waals surface area (Å²) < 4.78 is 0. The van der Waals surface area contributed by atoms with E-state index in [9.17, 15) is 0 Å². The average Bonchev–Trinajstić information content (AvgIpc) is 2.42. The number of likely N-dealkylation sites (N-methyl/N-ethyl adjacent to an activating group) is 1. The number of nitrogens with zero attached hydrogens (tertiary/aromatic N) is 3. The van der Waals surface area contributed by atoms with Crippen molar-refractivity contribution in [1.82, 2.24) is 20.0 Å². The van der Waals surface area contributed by atoms with E-state index in [1.807, 2.05) is 0 Å². The molecular formula is C15H34N4. The van der Waals surface area contributed by atoms with Crippen LogP contribution < -0.4 is 5.32 Å². The van der Waals surface area contributed by atoms with Gasteiger partial charge in [-0.05, 0) is 40.9 Å². The zero-order valence-electron chi connectivity index (χ0n) is 13.7. The summed E-state index contributed by atoms with van der Waals surface area (Å²) in [6.45, 7) is 15.3.